The van der Waals surface area contributed by atoms with Gasteiger partial charge in [0, 0.05) is 25.1 Å². The van der Waals surface area contributed by atoms with Gasteiger partial charge in [-0.3, -0.25) is 4.98 Å². The molecule has 102 valence electrons. The molecule has 0 aromatic carbocycles. The second kappa shape index (κ2) is 5.28. The van der Waals surface area contributed by atoms with Crippen molar-refractivity contribution in [3.05, 3.63) is 54.0 Å². The molecule has 1 fully saturated rings. The van der Waals surface area contributed by atoms with E-state index in [1.807, 2.05) is 12.1 Å². The van der Waals surface area contributed by atoms with Crippen LogP contribution in [0.4, 0.5) is 5.82 Å². The summed E-state index contributed by atoms with van der Waals surface area (Å²) in [6, 6.07) is 7.72. The minimum Gasteiger partial charge on any atom is -0.478 e. The van der Waals surface area contributed by atoms with Crippen LogP contribution >= 0.6 is 0 Å². The van der Waals surface area contributed by atoms with Crippen LogP contribution in [0.1, 0.15) is 34.8 Å². The molecule has 5 nitrogen and oxygen atoms in total. The van der Waals surface area contributed by atoms with Crippen molar-refractivity contribution in [1.82, 2.24) is 9.97 Å². The predicted molar refractivity (Wildman–Crippen MR) is 74.8 cm³/mol. The summed E-state index contributed by atoms with van der Waals surface area (Å²) in [6.07, 6.45) is 7.20. The van der Waals surface area contributed by atoms with Crippen LogP contribution in [0.25, 0.3) is 0 Å². The number of carbonyl (C=O) groups is 1. The molecule has 1 aliphatic heterocycles. The summed E-state index contributed by atoms with van der Waals surface area (Å²) in [5.41, 5.74) is 1.44. The Morgan fingerprint density at radius 2 is 2.05 bits per heavy atom. The van der Waals surface area contributed by atoms with Gasteiger partial charge >= 0.3 is 5.97 Å². The Morgan fingerprint density at radius 1 is 1.25 bits per heavy atom. The van der Waals surface area contributed by atoms with Crippen molar-refractivity contribution in [2.45, 2.75) is 18.9 Å². The zero-order valence-corrected chi connectivity index (χ0v) is 10.9. The molecule has 0 radical (unpaired) electrons. The molecule has 2 aromatic heterocycles. The Kier molecular flexibility index (Phi) is 3.33. The van der Waals surface area contributed by atoms with Gasteiger partial charge in [0.05, 0.1) is 11.6 Å². The van der Waals surface area contributed by atoms with Crippen molar-refractivity contribution in [1.29, 1.82) is 0 Å². The van der Waals surface area contributed by atoms with Crippen molar-refractivity contribution in [3.63, 3.8) is 0 Å². The minimum absolute atomic E-state index is 0.216. The third-order valence-corrected chi connectivity index (χ3v) is 3.63. The first kappa shape index (κ1) is 12.6. The summed E-state index contributed by atoms with van der Waals surface area (Å²) in [6.45, 7) is 0.937. The van der Waals surface area contributed by atoms with Gasteiger partial charge in [-0.2, -0.15) is 0 Å². The van der Waals surface area contributed by atoms with Gasteiger partial charge in [-0.25, -0.2) is 9.78 Å². The smallest absolute Gasteiger partial charge is 0.337 e. The first-order chi connectivity index (χ1) is 9.75. The maximum absolute atomic E-state index is 10.9. The van der Waals surface area contributed by atoms with Gasteiger partial charge in [-0.05, 0) is 42.7 Å². The number of nitrogens with zero attached hydrogens (tertiary/aromatic N) is 3. The van der Waals surface area contributed by atoms with Gasteiger partial charge in [-0.1, -0.05) is 0 Å². The first-order valence-corrected chi connectivity index (χ1v) is 6.61. The summed E-state index contributed by atoms with van der Waals surface area (Å²) < 4.78 is 0. The predicted octanol–water partition coefficient (Wildman–Crippen LogP) is 2.52. The summed E-state index contributed by atoms with van der Waals surface area (Å²) in [4.78, 5) is 21.4. The second-order valence-corrected chi connectivity index (χ2v) is 4.84. The molecule has 1 aliphatic rings. The van der Waals surface area contributed by atoms with Crippen LogP contribution in [0.3, 0.4) is 0 Å². The van der Waals surface area contributed by atoms with E-state index in [2.05, 4.69) is 14.9 Å². The van der Waals surface area contributed by atoms with E-state index in [1.54, 1.807) is 24.5 Å². The van der Waals surface area contributed by atoms with Crippen LogP contribution in [-0.2, 0) is 0 Å². The van der Waals surface area contributed by atoms with Gasteiger partial charge in [0.1, 0.15) is 5.82 Å². The van der Waals surface area contributed by atoms with Gasteiger partial charge in [0.2, 0.25) is 0 Å². The third-order valence-electron chi connectivity index (χ3n) is 3.63. The Bertz CT molecular complexity index is 598. The molecule has 1 N–H and O–H groups in total. The molecule has 0 bridgehead atoms. The van der Waals surface area contributed by atoms with E-state index in [9.17, 15) is 4.79 Å². The molecule has 3 heterocycles. The Hall–Kier alpha value is -2.43. The summed E-state index contributed by atoms with van der Waals surface area (Å²) >= 11 is 0. The number of pyridine rings is 2. The first-order valence-electron chi connectivity index (χ1n) is 6.61. The van der Waals surface area contributed by atoms with Gasteiger partial charge in [-0.15, -0.1) is 0 Å². The normalized spacial score (nSPS) is 18.2. The lowest BCUT2D eigenvalue weighted by molar-refractivity contribution is 0.0696. The highest BCUT2D eigenvalue weighted by molar-refractivity contribution is 5.87. The molecule has 20 heavy (non-hydrogen) atoms. The van der Waals surface area contributed by atoms with Crippen LogP contribution in [0.2, 0.25) is 0 Å². The largest absolute Gasteiger partial charge is 0.478 e. The molecule has 0 unspecified atom stereocenters. The monoisotopic (exact) mass is 269 g/mol. The van der Waals surface area contributed by atoms with Gasteiger partial charge < -0.3 is 10.0 Å². The number of carboxylic acids is 1. The molecular weight excluding hydrogens is 254 g/mol. The van der Waals surface area contributed by atoms with E-state index in [-0.39, 0.29) is 5.56 Å². The molecule has 0 saturated carbocycles. The molecule has 0 amide bonds. The lowest BCUT2D eigenvalue weighted by Gasteiger charge is -2.26. The van der Waals surface area contributed by atoms with Crippen molar-refractivity contribution in [3.8, 4) is 0 Å². The lowest BCUT2D eigenvalue weighted by Crippen LogP contribution is -2.23. The fourth-order valence-corrected chi connectivity index (χ4v) is 2.66. The van der Waals surface area contributed by atoms with Crippen LogP contribution in [-0.4, -0.2) is 27.6 Å². The number of anilines is 1. The summed E-state index contributed by atoms with van der Waals surface area (Å²) in [5, 5.41) is 8.91. The molecule has 5 heteroatoms. The maximum atomic E-state index is 10.9. The van der Waals surface area contributed by atoms with Crippen molar-refractivity contribution in [2.24, 2.45) is 0 Å². The quantitative estimate of drug-likeness (QED) is 0.927. The summed E-state index contributed by atoms with van der Waals surface area (Å²) in [7, 11) is 0. The molecule has 1 atom stereocenters. The highest BCUT2D eigenvalue weighted by Gasteiger charge is 2.26. The van der Waals surface area contributed by atoms with Crippen molar-refractivity contribution in [2.75, 3.05) is 11.4 Å². The standard InChI is InChI=1S/C15H15N3O2/c19-15(20)12-3-4-14(17-10-12)18-9-1-2-13(18)11-5-7-16-8-6-11/h3-8,10,13H,1-2,9H2,(H,19,20)/t13-/m0/s1. The second-order valence-electron chi connectivity index (χ2n) is 4.84. The Balaban J connectivity index is 1.87. The lowest BCUT2D eigenvalue weighted by atomic mass is 10.1. The number of hydrogen-bond acceptors (Lipinski definition) is 4. The molecule has 0 spiro atoms. The zero-order chi connectivity index (χ0) is 13.9. The number of aromatic nitrogens is 2. The van der Waals surface area contributed by atoms with E-state index in [0.717, 1.165) is 25.2 Å². The molecular formula is C15H15N3O2. The molecule has 1 saturated heterocycles. The third kappa shape index (κ3) is 2.34. The highest BCUT2D eigenvalue weighted by atomic mass is 16.4. The molecule has 2 aromatic rings. The van der Waals surface area contributed by atoms with E-state index in [0.29, 0.717) is 6.04 Å². The number of rotatable bonds is 3. The van der Waals surface area contributed by atoms with Crippen LogP contribution in [0, 0.1) is 0 Å². The minimum atomic E-state index is -0.948. The Labute approximate surface area is 116 Å². The topological polar surface area (TPSA) is 66.3 Å². The average Bonchev–Trinajstić information content (AvgIpc) is 2.97. The van der Waals surface area contributed by atoms with Gasteiger partial charge in [0.15, 0.2) is 0 Å². The fraction of sp³-hybridized carbons (Fsp3) is 0.267. The number of hydrogen-bond donors (Lipinski definition) is 1. The van der Waals surface area contributed by atoms with Crippen LogP contribution in [0.5, 0.6) is 0 Å². The fourth-order valence-electron chi connectivity index (χ4n) is 2.66. The summed E-state index contributed by atoms with van der Waals surface area (Å²) in [5.74, 6) is -0.120. The van der Waals surface area contributed by atoms with Gasteiger partial charge in [0.25, 0.3) is 0 Å². The van der Waals surface area contributed by atoms with Crippen LogP contribution < -0.4 is 4.90 Å². The van der Waals surface area contributed by atoms with Crippen molar-refractivity contribution < 1.29 is 9.90 Å². The number of aromatic carboxylic acids is 1. The van der Waals surface area contributed by atoms with E-state index < -0.39 is 5.97 Å². The zero-order valence-electron chi connectivity index (χ0n) is 10.9. The van der Waals surface area contributed by atoms with E-state index in [4.69, 9.17) is 5.11 Å². The van der Waals surface area contributed by atoms with Crippen LogP contribution in [0.15, 0.2) is 42.9 Å². The molecule has 3 rings (SSSR count). The SMILES string of the molecule is O=C(O)c1ccc(N2CCC[C@H]2c2ccncc2)nc1. The average molecular weight is 269 g/mol. The van der Waals surface area contributed by atoms with Crippen molar-refractivity contribution >= 4 is 11.8 Å². The Morgan fingerprint density at radius 3 is 2.70 bits per heavy atom. The number of carboxylic acid groups (broad SMARTS) is 1. The van der Waals surface area contributed by atoms with E-state index in [1.165, 1.54) is 11.8 Å². The molecule has 0 aliphatic carbocycles. The maximum Gasteiger partial charge on any atom is 0.337 e. The van der Waals surface area contributed by atoms with E-state index >= 15 is 0 Å². The highest BCUT2D eigenvalue weighted by Crippen LogP contribution is 2.34.